The quantitative estimate of drug-likeness (QED) is 0.618. The summed E-state index contributed by atoms with van der Waals surface area (Å²) < 4.78 is 11.1. The molecule has 0 aromatic heterocycles. The van der Waals surface area contributed by atoms with Gasteiger partial charge in [0.2, 0.25) is 0 Å². The predicted molar refractivity (Wildman–Crippen MR) is 75.1 cm³/mol. The molecule has 2 aromatic rings. The second-order valence-corrected chi connectivity index (χ2v) is 4.94. The van der Waals surface area contributed by atoms with Crippen LogP contribution in [0.25, 0.3) is 0 Å². The van der Waals surface area contributed by atoms with Crippen LogP contribution in [0.3, 0.4) is 0 Å². The Labute approximate surface area is 118 Å². The van der Waals surface area contributed by atoms with E-state index in [1.54, 1.807) is 0 Å². The molecule has 0 radical (unpaired) electrons. The molecular weight excluding hydrogens is 252 g/mol. The molecule has 0 bridgehead atoms. The number of carbonyl (C=O) groups is 1. The molecule has 1 aliphatic heterocycles. The summed E-state index contributed by atoms with van der Waals surface area (Å²) in [4.78, 5) is 10.6. The van der Waals surface area contributed by atoms with Crippen molar-refractivity contribution in [2.45, 2.75) is 24.7 Å². The fraction of sp³-hybridized carbons (Fsp3) is 0.235. The minimum Gasteiger partial charge on any atom is -0.462 e. The predicted octanol–water partition coefficient (Wildman–Crippen LogP) is 2.89. The number of ether oxygens (including phenoxy) is 2. The topological polar surface area (TPSA) is 38.8 Å². The minimum atomic E-state index is -0.509. The molecule has 3 nitrogen and oxygen atoms in total. The third kappa shape index (κ3) is 2.00. The van der Waals surface area contributed by atoms with Gasteiger partial charge in [-0.25, -0.2) is 0 Å². The minimum absolute atomic E-state index is 0.155. The van der Waals surface area contributed by atoms with Crippen molar-refractivity contribution in [1.82, 2.24) is 0 Å². The Hall–Kier alpha value is -2.13. The number of benzene rings is 2. The fourth-order valence-corrected chi connectivity index (χ4v) is 2.75. The van der Waals surface area contributed by atoms with Crippen molar-refractivity contribution < 1.29 is 14.3 Å². The van der Waals surface area contributed by atoms with Crippen LogP contribution in [0.1, 0.15) is 18.1 Å². The maximum atomic E-state index is 10.6. The average molecular weight is 268 g/mol. The number of epoxide rings is 1. The Balaban J connectivity index is 2.01. The molecule has 1 fully saturated rings. The molecule has 1 aliphatic rings. The zero-order valence-corrected chi connectivity index (χ0v) is 11.2. The van der Waals surface area contributed by atoms with E-state index in [0.29, 0.717) is 6.47 Å². The molecule has 0 aliphatic carbocycles. The summed E-state index contributed by atoms with van der Waals surface area (Å²) in [7, 11) is 0. The first-order chi connectivity index (χ1) is 9.79. The standard InChI is InChI=1S/C17H16O3/c1-13(19-12-18)16-17(20-16,14-8-4-2-5-9-14)15-10-6-3-7-11-15/h2-13,16H,1H3/t13?,16-/m0/s1. The first-order valence-electron chi connectivity index (χ1n) is 6.67. The molecule has 0 saturated carbocycles. The second-order valence-electron chi connectivity index (χ2n) is 4.94. The van der Waals surface area contributed by atoms with Crippen molar-refractivity contribution in [2.75, 3.05) is 0 Å². The van der Waals surface area contributed by atoms with Gasteiger partial charge in [-0.1, -0.05) is 60.7 Å². The van der Waals surface area contributed by atoms with Gasteiger partial charge in [0.1, 0.15) is 17.8 Å². The molecule has 2 atom stereocenters. The molecule has 0 N–H and O–H groups in total. The molecule has 1 unspecified atom stereocenters. The summed E-state index contributed by atoms with van der Waals surface area (Å²) >= 11 is 0. The summed E-state index contributed by atoms with van der Waals surface area (Å²) in [5.41, 5.74) is 1.65. The third-order valence-electron chi connectivity index (χ3n) is 3.76. The molecule has 102 valence electrons. The van der Waals surface area contributed by atoms with Crippen LogP contribution < -0.4 is 0 Å². The molecule has 3 rings (SSSR count). The average Bonchev–Trinajstić information content (AvgIpc) is 3.26. The summed E-state index contributed by atoms with van der Waals surface area (Å²) in [6, 6.07) is 20.1. The van der Waals surface area contributed by atoms with Gasteiger partial charge in [0.25, 0.3) is 6.47 Å². The highest BCUT2D eigenvalue weighted by atomic mass is 16.6. The van der Waals surface area contributed by atoms with E-state index >= 15 is 0 Å². The van der Waals surface area contributed by atoms with Gasteiger partial charge in [0, 0.05) is 0 Å². The Morgan fingerprint density at radius 1 is 1.05 bits per heavy atom. The van der Waals surface area contributed by atoms with Crippen molar-refractivity contribution >= 4 is 6.47 Å². The van der Waals surface area contributed by atoms with Gasteiger partial charge in [-0.15, -0.1) is 0 Å². The van der Waals surface area contributed by atoms with E-state index in [2.05, 4.69) is 0 Å². The van der Waals surface area contributed by atoms with E-state index in [4.69, 9.17) is 9.47 Å². The molecule has 0 amide bonds. The van der Waals surface area contributed by atoms with E-state index in [1.807, 2.05) is 67.6 Å². The lowest BCUT2D eigenvalue weighted by molar-refractivity contribution is -0.133. The van der Waals surface area contributed by atoms with Gasteiger partial charge in [-0.05, 0) is 18.1 Å². The number of rotatable bonds is 5. The van der Waals surface area contributed by atoms with Crippen LogP contribution in [-0.2, 0) is 19.9 Å². The smallest absolute Gasteiger partial charge is 0.293 e. The molecular formula is C17H16O3. The Morgan fingerprint density at radius 2 is 1.55 bits per heavy atom. The molecule has 0 spiro atoms. The first kappa shape index (κ1) is 12.9. The van der Waals surface area contributed by atoms with Crippen LogP contribution in [0.5, 0.6) is 0 Å². The highest BCUT2D eigenvalue weighted by Crippen LogP contribution is 2.53. The lowest BCUT2D eigenvalue weighted by Gasteiger charge is -2.16. The van der Waals surface area contributed by atoms with Crippen molar-refractivity contribution in [1.29, 1.82) is 0 Å². The van der Waals surface area contributed by atoms with Crippen molar-refractivity contribution in [3.63, 3.8) is 0 Å². The van der Waals surface area contributed by atoms with E-state index in [-0.39, 0.29) is 12.2 Å². The number of carbonyl (C=O) groups excluding carboxylic acids is 1. The summed E-state index contributed by atoms with van der Waals surface area (Å²) in [6.07, 6.45) is -0.439. The van der Waals surface area contributed by atoms with E-state index in [0.717, 1.165) is 11.1 Å². The van der Waals surface area contributed by atoms with E-state index < -0.39 is 5.60 Å². The Bertz CT molecular complexity index is 540. The summed E-state index contributed by atoms with van der Waals surface area (Å²) in [6.45, 7) is 2.33. The number of hydrogen-bond donors (Lipinski definition) is 0. The van der Waals surface area contributed by atoms with Gasteiger partial charge < -0.3 is 9.47 Å². The van der Waals surface area contributed by atoms with Crippen LogP contribution >= 0.6 is 0 Å². The van der Waals surface area contributed by atoms with Gasteiger partial charge in [-0.3, -0.25) is 4.79 Å². The molecule has 1 heterocycles. The van der Waals surface area contributed by atoms with Gasteiger partial charge in [0.15, 0.2) is 0 Å². The third-order valence-corrected chi connectivity index (χ3v) is 3.76. The SMILES string of the molecule is CC(OC=O)[C@@H]1OC1(c1ccccc1)c1ccccc1. The first-order valence-corrected chi connectivity index (χ1v) is 6.67. The van der Waals surface area contributed by atoms with Crippen molar-refractivity contribution in [3.8, 4) is 0 Å². The van der Waals surface area contributed by atoms with Crippen molar-refractivity contribution in [2.24, 2.45) is 0 Å². The zero-order valence-electron chi connectivity index (χ0n) is 11.2. The van der Waals surface area contributed by atoms with E-state index in [1.165, 1.54) is 0 Å². The lowest BCUT2D eigenvalue weighted by Crippen LogP contribution is -2.24. The van der Waals surface area contributed by atoms with Crippen LogP contribution in [0.2, 0.25) is 0 Å². The molecule has 20 heavy (non-hydrogen) atoms. The molecule has 3 heteroatoms. The van der Waals surface area contributed by atoms with Crippen LogP contribution in [-0.4, -0.2) is 18.7 Å². The molecule has 1 saturated heterocycles. The largest absolute Gasteiger partial charge is 0.462 e. The monoisotopic (exact) mass is 268 g/mol. The molecule has 2 aromatic carbocycles. The second kappa shape index (κ2) is 5.10. The van der Waals surface area contributed by atoms with E-state index in [9.17, 15) is 4.79 Å². The normalized spacial score (nSPS) is 20.9. The van der Waals surface area contributed by atoms with Crippen LogP contribution in [0.15, 0.2) is 60.7 Å². The lowest BCUT2D eigenvalue weighted by atomic mass is 9.86. The van der Waals surface area contributed by atoms with Crippen LogP contribution in [0.4, 0.5) is 0 Å². The fourth-order valence-electron chi connectivity index (χ4n) is 2.75. The van der Waals surface area contributed by atoms with Gasteiger partial charge in [-0.2, -0.15) is 0 Å². The zero-order chi connectivity index (χ0) is 14.0. The Kier molecular flexibility index (Phi) is 3.28. The Morgan fingerprint density at radius 3 is 2.00 bits per heavy atom. The highest BCUT2D eigenvalue weighted by Gasteiger charge is 2.62. The van der Waals surface area contributed by atoms with Gasteiger partial charge >= 0.3 is 0 Å². The summed E-state index contributed by atoms with van der Waals surface area (Å²) in [5.74, 6) is 0. The number of hydrogen-bond acceptors (Lipinski definition) is 3. The highest BCUT2D eigenvalue weighted by molar-refractivity contribution is 5.45. The maximum Gasteiger partial charge on any atom is 0.293 e. The summed E-state index contributed by atoms with van der Waals surface area (Å²) in [5, 5.41) is 0. The van der Waals surface area contributed by atoms with Crippen molar-refractivity contribution in [3.05, 3.63) is 71.8 Å². The van der Waals surface area contributed by atoms with Gasteiger partial charge in [0.05, 0.1) is 0 Å². The maximum absolute atomic E-state index is 10.6. The van der Waals surface area contributed by atoms with Crippen LogP contribution in [0, 0.1) is 0 Å².